The van der Waals surface area contributed by atoms with Gasteiger partial charge in [-0.1, -0.05) is 0 Å². The largest absolute Gasteiger partial charge is 0.253 e. The molecule has 70 valence electrons. The molecule has 0 aliphatic heterocycles. The molecule has 2 aliphatic rings. The third-order valence-electron chi connectivity index (χ3n) is 2.88. The van der Waals surface area contributed by atoms with Gasteiger partial charge in [-0.25, -0.2) is 4.98 Å². The minimum absolute atomic E-state index is 0.524. The van der Waals surface area contributed by atoms with Gasteiger partial charge in [-0.2, -0.15) is 5.26 Å². The molecular weight excluding hydrogens is 174 g/mol. The highest BCUT2D eigenvalue weighted by molar-refractivity contribution is 5.32. The predicted molar refractivity (Wildman–Crippen MR) is 50.7 cm³/mol. The van der Waals surface area contributed by atoms with Crippen LogP contribution in [0, 0.1) is 11.3 Å². The molecule has 3 nitrogen and oxygen atoms in total. The van der Waals surface area contributed by atoms with Crippen molar-refractivity contribution in [2.45, 2.75) is 37.5 Å². The van der Waals surface area contributed by atoms with Crippen LogP contribution in [0.25, 0.3) is 0 Å². The van der Waals surface area contributed by atoms with Gasteiger partial charge in [0.25, 0.3) is 0 Å². The van der Waals surface area contributed by atoms with Gasteiger partial charge in [0.15, 0.2) is 5.69 Å². The highest BCUT2D eigenvalue weighted by Gasteiger charge is 2.31. The SMILES string of the molecule is N#Cc1ncc(C2CC2)nc1C1CC1. The number of aromatic nitrogens is 2. The number of hydrogen-bond donors (Lipinski definition) is 0. The summed E-state index contributed by atoms with van der Waals surface area (Å²) in [7, 11) is 0. The summed E-state index contributed by atoms with van der Waals surface area (Å²) < 4.78 is 0. The lowest BCUT2D eigenvalue weighted by Crippen LogP contribution is -1.99. The summed E-state index contributed by atoms with van der Waals surface area (Å²) in [6.45, 7) is 0. The Kier molecular flexibility index (Phi) is 1.57. The lowest BCUT2D eigenvalue weighted by atomic mass is 10.2. The first-order valence-electron chi connectivity index (χ1n) is 5.15. The van der Waals surface area contributed by atoms with E-state index in [0.717, 1.165) is 11.4 Å². The molecule has 0 aromatic carbocycles. The van der Waals surface area contributed by atoms with Gasteiger partial charge in [-0.15, -0.1) is 0 Å². The number of hydrogen-bond acceptors (Lipinski definition) is 3. The number of nitriles is 1. The summed E-state index contributed by atoms with van der Waals surface area (Å²) in [6, 6.07) is 2.13. The Morgan fingerprint density at radius 3 is 2.50 bits per heavy atom. The minimum Gasteiger partial charge on any atom is -0.253 e. The van der Waals surface area contributed by atoms with Crippen molar-refractivity contribution < 1.29 is 0 Å². The van der Waals surface area contributed by atoms with E-state index in [1.54, 1.807) is 6.20 Å². The van der Waals surface area contributed by atoms with Crippen LogP contribution in [0.1, 0.15) is 54.6 Å². The van der Waals surface area contributed by atoms with Crippen molar-refractivity contribution in [2.24, 2.45) is 0 Å². The average Bonchev–Trinajstić information content (AvgIpc) is 3.05. The van der Waals surface area contributed by atoms with E-state index in [2.05, 4.69) is 16.0 Å². The smallest absolute Gasteiger partial charge is 0.162 e. The summed E-state index contributed by atoms with van der Waals surface area (Å²) in [5, 5.41) is 8.89. The van der Waals surface area contributed by atoms with Gasteiger partial charge < -0.3 is 0 Å². The standard InChI is InChI=1S/C11H11N3/c12-5-9-11(8-3-4-8)14-10(6-13-9)7-1-2-7/h6-8H,1-4H2. The second kappa shape index (κ2) is 2.78. The molecule has 1 aromatic heterocycles. The first kappa shape index (κ1) is 7.93. The van der Waals surface area contributed by atoms with Crippen molar-refractivity contribution >= 4 is 0 Å². The van der Waals surface area contributed by atoms with Crippen molar-refractivity contribution in [3.8, 4) is 6.07 Å². The molecular formula is C11H11N3. The summed E-state index contributed by atoms with van der Waals surface area (Å²) in [5.74, 6) is 1.16. The molecule has 2 aliphatic carbocycles. The van der Waals surface area contributed by atoms with E-state index < -0.39 is 0 Å². The molecule has 0 spiro atoms. The van der Waals surface area contributed by atoms with E-state index in [1.165, 1.54) is 25.7 Å². The zero-order valence-corrected chi connectivity index (χ0v) is 7.90. The van der Waals surface area contributed by atoms with Crippen molar-refractivity contribution in [3.05, 3.63) is 23.3 Å². The molecule has 2 fully saturated rings. The third kappa shape index (κ3) is 1.27. The van der Waals surface area contributed by atoms with E-state index >= 15 is 0 Å². The molecule has 3 heteroatoms. The van der Waals surface area contributed by atoms with Gasteiger partial charge in [-0.05, 0) is 25.7 Å². The van der Waals surface area contributed by atoms with E-state index in [4.69, 9.17) is 5.26 Å². The van der Waals surface area contributed by atoms with Crippen LogP contribution >= 0.6 is 0 Å². The predicted octanol–water partition coefficient (Wildman–Crippen LogP) is 2.10. The highest BCUT2D eigenvalue weighted by Crippen LogP contribution is 2.43. The highest BCUT2D eigenvalue weighted by atomic mass is 14.8. The fraction of sp³-hybridized carbons (Fsp3) is 0.545. The summed E-state index contributed by atoms with van der Waals surface area (Å²) in [5.41, 5.74) is 2.60. The normalized spacial score (nSPS) is 20.5. The molecule has 0 amide bonds. The molecule has 2 saturated carbocycles. The lowest BCUT2D eigenvalue weighted by Gasteiger charge is -2.02. The second-order valence-corrected chi connectivity index (χ2v) is 4.19. The van der Waals surface area contributed by atoms with Crippen LogP contribution in [-0.4, -0.2) is 9.97 Å². The maximum absolute atomic E-state index is 8.89. The first-order chi connectivity index (χ1) is 6.88. The van der Waals surface area contributed by atoms with Gasteiger partial charge >= 0.3 is 0 Å². The molecule has 3 rings (SSSR count). The van der Waals surface area contributed by atoms with Gasteiger partial charge in [0.2, 0.25) is 0 Å². The van der Waals surface area contributed by atoms with E-state index in [9.17, 15) is 0 Å². The van der Waals surface area contributed by atoms with Crippen molar-refractivity contribution in [2.75, 3.05) is 0 Å². The van der Waals surface area contributed by atoms with Crippen LogP contribution in [0.5, 0.6) is 0 Å². The van der Waals surface area contributed by atoms with Gasteiger partial charge in [0, 0.05) is 11.8 Å². The molecule has 0 radical (unpaired) electrons. The number of rotatable bonds is 2. The van der Waals surface area contributed by atoms with Gasteiger partial charge in [0.1, 0.15) is 6.07 Å². The molecule has 0 N–H and O–H groups in total. The van der Waals surface area contributed by atoms with Crippen molar-refractivity contribution in [3.63, 3.8) is 0 Å². The molecule has 0 bridgehead atoms. The monoisotopic (exact) mass is 185 g/mol. The lowest BCUT2D eigenvalue weighted by molar-refractivity contribution is 0.896. The van der Waals surface area contributed by atoms with Gasteiger partial charge in [-0.3, -0.25) is 4.98 Å². The van der Waals surface area contributed by atoms with Crippen LogP contribution in [0.3, 0.4) is 0 Å². The van der Waals surface area contributed by atoms with Crippen LogP contribution in [0.4, 0.5) is 0 Å². The van der Waals surface area contributed by atoms with Crippen molar-refractivity contribution in [1.82, 2.24) is 9.97 Å². The van der Waals surface area contributed by atoms with E-state index in [0.29, 0.717) is 17.5 Å². The maximum Gasteiger partial charge on any atom is 0.162 e. The zero-order chi connectivity index (χ0) is 9.54. The molecule has 0 atom stereocenters. The Morgan fingerprint density at radius 1 is 1.21 bits per heavy atom. The van der Waals surface area contributed by atoms with E-state index in [1.807, 2.05) is 0 Å². The molecule has 14 heavy (non-hydrogen) atoms. The van der Waals surface area contributed by atoms with Gasteiger partial charge in [0.05, 0.1) is 17.6 Å². The Bertz CT molecular complexity index is 411. The molecule has 1 heterocycles. The minimum atomic E-state index is 0.524. The summed E-state index contributed by atoms with van der Waals surface area (Å²) in [4.78, 5) is 8.78. The quantitative estimate of drug-likeness (QED) is 0.709. The molecule has 0 unspecified atom stereocenters. The topological polar surface area (TPSA) is 49.6 Å². The summed E-state index contributed by atoms with van der Waals surface area (Å²) >= 11 is 0. The van der Waals surface area contributed by atoms with Crippen LogP contribution < -0.4 is 0 Å². The first-order valence-corrected chi connectivity index (χ1v) is 5.15. The molecule has 1 aromatic rings. The van der Waals surface area contributed by atoms with E-state index in [-0.39, 0.29) is 0 Å². The van der Waals surface area contributed by atoms with Crippen molar-refractivity contribution in [1.29, 1.82) is 5.26 Å². The second-order valence-electron chi connectivity index (χ2n) is 4.19. The number of nitrogens with zero attached hydrogens (tertiary/aromatic N) is 3. The van der Waals surface area contributed by atoms with Crippen LogP contribution in [-0.2, 0) is 0 Å². The Morgan fingerprint density at radius 2 is 1.93 bits per heavy atom. The average molecular weight is 185 g/mol. The Labute approximate surface area is 82.8 Å². The Balaban J connectivity index is 2.03. The fourth-order valence-electron chi connectivity index (χ4n) is 1.72. The zero-order valence-electron chi connectivity index (χ0n) is 7.90. The third-order valence-corrected chi connectivity index (χ3v) is 2.88. The maximum atomic E-state index is 8.89. The van der Waals surface area contributed by atoms with Crippen LogP contribution in [0.15, 0.2) is 6.20 Å². The molecule has 0 saturated heterocycles. The summed E-state index contributed by atoms with van der Waals surface area (Å²) in [6.07, 6.45) is 6.62. The fourth-order valence-corrected chi connectivity index (χ4v) is 1.72. The Hall–Kier alpha value is -1.43. The van der Waals surface area contributed by atoms with Crippen LogP contribution in [0.2, 0.25) is 0 Å².